The Hall–Kier alpha value is -1.89. The number of piperidine rings is 1. The molecule has 0 aromatic carbocycles. The third-order valence-electron chi connectivity index (χ3n) is 5.91. The maximum atomic E-state index is 12.6. The molecule has 0 saturated carbocycles. The Morgan fingerprint density at radius 3 is 2.77 bits per heavy atom. The number of aromatic nitrogens is 2. The number of carbonyl (C=O) groups is 1. The van der Waals surface area contributed by atoms with Crippen LogP contribution < -0.4 is 10.5 Å². The van der Waals surface area contributed by atoms with Gasteiger partial charge in [-0.25, -0.2) is 4.98 Å². The van der Waals surface area contributed by atoms with E-state index < -0.39 is 0 Å². The van der Waals surface area contributed by atoms with E-state index >= 15 is 0 Å². The van der Waals surface area contributed by atoms with E-state index in [1.807, 2.05) is 4.90 Å². The number of hydrogen-bond acceptors (Lipinski definition) is 5. The average molecular weight is 359 g/mol. The van der Waals surface area contributed by atoms with Crippen molar-refractivity contribution >= 4 is 11.9 Å². The first-order valence-corrected chi connectivity index (χ1v) is 9.97. The molecule has 3 aliphatic rings. The Morgan fingerprint density at radius 2 is 2.00 bits per heavy atom. The number of nitrogens with zero attached hydrogens (tertiary/aromatic N) is 4. The summed E-state index contributed by atoms with van der Waals surface area (Å²) in [7, 11) is 0. The van der Waals surface area contributed by atoms with Crippen molar-refractivity contribution in [1.29, 1.82) is 0 Å². The van der Waals surface area contributed by atoms with Crippen LogP contribution in [-0.2, 0) is 17.8 Å². The van der Waals surface area contributed by atoms with Crippen LogP contribution >= 0.6 is 0 Å². The molecule has 142 valence electrons. The molecule has 0 aliphatic carbocycles. The lowest BCUT2D eigenvalue weighted by molar-refractivity contribution is -0.134. The minimum Gasteiger partial charge on any atom is -0.342 e. The topological polar surface area (TPSA) is 72.5 Å². The predicted molar refractivity (Wildman–Crippen MR) is 100 cm³/mol. The van der Waals surface area contributed by atoms with Gasteiger partial charge in [0.2, 0.25) is 11.9 Å². The van der Waals surface area contributed by atoms with Crippen LogP contribution in [0.15, 0.2) is 4.79 Å². The number of hydrogen-bond donors (Lipinski definition) is 1. The highest BCUT2D eigenvalue weighted by Gasteiger charge is 2.27. The SMILES string of the molecule is C[C@@H]1CCCN(C(=O)CN2CCc3nc(N4CCCC4)[nH]c(=O)c3C2)C1. The number of carbonyl (C=O) groups excluding carboxylic acids is 1. The second-order valence-corrected chi connectivity index (χ2v) is 8.06. The van der Waals surface area contributed by atoms with Gasteiger partial charge in [0.05, 0.1) is 17.8 Å². The largest absolute Gasteiger partial charge is 0.342 e. The van der Waals surface area contributed by atoms with Gasteiger partial charge in [-0.1, -0.05) is 6.92 Å². The van der Waals surface area contributed by atoms with Gasteiger partial charge in [-0.05, 0) is 31.6 Å². The number of fused-ring (bicyclic) bond motifs is 1. The Balaban J connectivity index is 1.42. The molecule has 0 radical (unpaired) electrons. The molecule has 7 nitrogen and oxygen atoms in total. The lowest BCUT2D eigenvalue weighted by atomic mass is 10.0. The summed E-state index contributed by atoms with van der Waals surface area (Å²) in [4.78, 5) is 39.1. The Bertz CT molecular complexity index is 725. The molecule has 1 aromatic rings. The maximum Gasteiger partial charge on any atom is 0.257 e. The first-order valence-electron chi connectivity index (χ1n) is 9.97. The highest BCUT2D eigenvalue weighted by atomic mass is 16.2. The molecule has 4 heterocycles. The van der Waals surface area contributed by atoms with E-state index in [1.165, 1.54) is 6.42 Å². The maximum absolute atomic E-state index is 12.6. The zero-order chi connectivity index (χ0) is 18.1. The van der Waals surface area contributed by atoms with Gasteiger partial charge in [-0.2, -0.15) is 0 Å². The van der Waals surface area contributed by atoms with Gasteiger partial charge in [0.25, 0.3) is 5.56 Å². The minimum absolute atomic E-state index is 0.0411. The molecule has 2 fully saturated rings. The van der Waals surface area contributed by atoms with Crippen LogP contribution in [0.2, 0.25) is 0 Å². The number of amides is 1. The van der Waals surface area contributed by atoms with Gasteiger partial charge in [0.1, 0.15) is 0 Å². The van der Waals surface area contributed by atoms with E-state index in [9.17, 15) is 9.59 Å². The number of anilines is 1. The summed E-state index contributed by atoms with van der Waals surface area (Å²) in [6.45, 7) is 7.59. The average Bonchev–Trinajstić information content (AvgIpc) is 3.17. The Kier molecular flexibility index (Phi) is 4.98. The van der Waals surface area contributed by atoms with Crippen LogP contribution in [0.25, 0.3) is 0 Å². The summed E-state index contributed by atoms with van der Waals surface area (Å²) in [6, 6.07) is 0. The molecule has 1 aromatic heterocycles. The lowest BCUT2D eigenvalue weighted by Gasteiger charge is -2.34. The fraction of sp³-hybridized carbons (Fsp3) is 0.737. The van der Waals surface area contributed by atoms with Crippen molar-refractivity contribution in [3.05, 3.63) is 21.6 Å². The van der Waals surface area contributed by atoms with Crippen molar-refractivity contribution < 1.29 is 4.79 Å². The quantitative estimate of drug-likeness (QED) is 0.871. The fourth-order valence-corrected chi connectivity index (χ4v) is 4.39. The van der Waals surface area contributed by atoms with E-state index in [4.69, 9.17) is 4.98 Å². The normalized spacial score (nSPS) is 24.0. The van der Waals surface area contributed by atoms with Crippen molar-refractivity contribution in [2.75, 3.05) is 44.2 Å². The second kappa shape index (κ2) is 7.39. The molecule has 26 heavy (non-hydrogen) atoms. The summed E-state index contributed by atoms with van der Waals surface area (Å²) >= 11 is 0. The van der Waals surface area contributed by atoms with Crippen LogP contribution in [0.4, 0.5) is 5.95 Å². The van der Waals surface area contributed by atoms with Crippen LogP contribution in [-0.4, -0.2) is 64.9 Å². The molecule has 0 unspecified atom stereocenters. The Labute approximate surface area is 154 Å². The summed E-state index contributed by atoms with van der Waals surface area (Å²) in [6.07, 6.45) is 5.36. The lowest BCUT2D eigenvalue weighted by Crippen LogP contribution is -2.46. The van der Waals surface area contributed by atoms with Crippen LogP contribution in [0, 0.1) is 5.92 Å². The zero-order valence-electron chi connectivity index (χ0n) is 15.7. The molecule has 1 atom stereocenters. The monoisotopic (exact) mass is 359 g/mol. The van der Waals surface area contributed by atoms with E-state index in [-0.39, 0.29) is 11.5 Å². The number of H-pyrrole nitrogens is 1. The number of nitrogens with one attached hydrogen (secondary N) is 1. The molecule has 0 spiro atoms. The van der Waals surface area contributed by atoms with Crippen LogP contribution in [0.5, 0.6) is 0 Å². The highest BCUT2D eigenvalue weighted by molar-refractivity contribution is 5.78. The van der Waals surface area contributed by atoms with Crippen molar-refractivity contribution in [2.45, 2.75) is 45.6 Å². The van der Waals surface area contributed by atoms with E-state index in [0.717, 1.165) is 75.6 Å². The van der Waals surface area contributed by atoms with Gasteiger partial charge >= 0.3 is 0 Å². The van der Waals surface area contributed by atoms with Gasteiger partial charge in [-0.15, -0.1) is 0 Å². The predicted octanol–water partition coefficient (Wildman–Crippen LogP) is 0.987. The van der Waals surface area contributed by atoms with Crippen molar-refractivity contribution in [3.8, 4) is 0 Å². The summed E-state index contributed by atoms with van der Waals surface area (Å²) in [5.41, 5.74) is 1.60. The van der Waals surface area contributed by atoms with Crippen molar-refractivity contribution in [2.24, 2.45) is 5.92 Å². The first-order chi connectivity index (χ1) is 12.6. The number of rotatable bonds is 3. The van der Waals surface area contributed by atoms with Gasteiger partial charge in [-0.3, -0.25) is 19.5 Å². The van der Waals surface area contributed by atoms with Crippen LogP contribution in [0.3, 0.4) is 0 Å². The molecule has 4 rings (SSSR count). The van der Waals surface area contributed by atoms with Gasteiger partial charge in [0, 0.05) is 45.7 Å². The van der Waals surface area contributed by atoms with Crippen molar-refractivity contribution in [1.82, 2.24) is 19.8 Å². The van der Waals surface area contributed by atoms with Crippen LogP contribution in [0.1, 0.15) is 43.9 Å². The second-order valence-electron chi connectivity index (χ2n) is 8.06. The summed E-state index contributed by atoms with van der Waals surface area (Å²) < 4.78 is 0. The standard InChI is InChI=1S/C19H29N5O2/c1-14-5-4-9-24(11-14)17(25)13-22-10-6-16-15(12-22)18(26)21-19(20-16)23-7-2-3-8-23/h14H,2-13H2,1H3,(H,20,21,26)/t14-/m1/s1. The first kappa shape index (κ1) is 17.5. The third-order valence-corrected chi connectivity index (χ3v) is 5.91. The number of likely N-dealkylation sites (tertiary alicyclic amines) is 1. The molecule has 1 amide bonds. The molecule has 3 aliphatic heterocycles. The van der Waals surface area contributed by atoms with E-state index in [0.29, 0.717) is 19.0 Å². The Morgan fingerprint density at radius 1 is 1.19 bits per heavy atom. The summed E-state index contributed by atoms with van der Waals surface area (Å²) in [5.74, 6) is 1.50. The molecule has 2 saturated heterocycles. The summed E-state index contributed by atoms with van der Waals surface area (Å²) in [5, 5.41) is 0. The minimum atomic E-state index is -0.0411. The molecular formula is C19H29N5O2. The molecule has 1 N–H and O–H groups in total. The number of aromatic amines is 1. The molecule has 0 bridgehead atoms. The zero-order valence-corrected chi connectivity index (χ0v) is 15.7. The van der Waals surface area contributed by atoms with E-state index in [1.54, 1.807) is 0 Å². The van der Waals surface area contributed by atoms with Gasteiger partial charge in [0.15, 0.2) is 0 Å². The third kappa shape index (κ3) is 3.63. The van der Waals surface area contributed by atoms with Crippen molar-refractivity contribution in [3.63, 3.8) is 0 Å². The van der Waals surface area contributed by atoms with E-state index in [2.05, 4.69) is 21.7 Å². The highest BCUT2D eigenvalue weighted by Crippen LogP contribution is 2.20. The molecule has 7 heteroatoms. The molecular weight excluding hydrogens is 330 g/mol. The van der Waals surface area contributed by atoms with Gasteiger partial charge < -0.3 is 9.80 Å². The fourth-order valence-electron chi connectivity index (χ4n) is 4.39. The smallest absolute Gasteiger partial charge is 0.257 e.